The highest BCUT2D eigenvalue weighted by Crippen LogP contribution is 1.64. The third-order valence-corrected chi connectivity index (χ3v) is 0.393. The average Bonchev–Trinajstić information content (AvgIpc) is 1.38. The van der Waals surface area contributed by atoms with Crippen LogP contribution in [0.2, 0.25) is 0 Å². The van der Waals surface area contributed by atoms with Gasteiger partial charge >= 0.3 is 0 Å². The number of hydrogen-bond donors (Lipinski definition) is 0. The van der Waals surface area contributed by atoms with Crippen molar-refractivity contribution in [1.29, 1.82) is 0 Å². The lowest BCUT2D eigenvalue weighted by Crippen LogP contribution is -1.93. The summed E-state index contributed by atoms with van der Waals surface area (Å²) in [5.74, 6) is 0. The van der Waals surface area contributed by atoms with Gasteiger partial charge in [0.25, 0.3) is 0 Å². The molecule has 0 bridgehead atoms. The second-order valence-electron chi connectivity index (χ2n) is 0.879. The molecule has 0 rings (SSSR count). The van der Waals surface area contributed by atoms with Gasteiger partial charge in [0.2, 0.25) is 0 Å². The second kappa shape index (κ2) is 2.30. The smallest absolute Gasteiger partial charge is 0.0411 e. The summed E-state index contributed by atoms with van der Waals surface area (Å²) < 4.78 is 0. The SMILES string of the molecule is CC(=S)C[NH]. The maximum atomic E-state index is 6.52. The lowest BCUT2D eigenvalue weighted by Gasteiger charge is -1.76. The fourth-order valence-electron chi connectivity index (χ4n) is 0. The summed E-state index contributed by atoms with van der Waals surface area (Å²) in [7, 11) is 0. The van der Waals surface area contributed by atoms with Gasteiger partial charge in [0.15, 0.2) is 0 Å². The number of rotatable bonds is 1. The summed E-state index contributed by atoms with van der Waals surface area (Å²) in [6.07, 6.45) is 0. The first-order valence-electron chi connectivity index (χ1n) is 1.41. The van der Waals surface area contributed by atoms with Crippen LogP contribution in [0.15, 0.2) is 0 Å². The lowest BCUT2D eigenvalue weighted by atomic mass is 10.5. The summed E-state index contributed by atoms with van der Waals surface area (Å²) in [6, 6.07) is 0. The van der Waals surface area contributed by atoms with Crippen LogP contribution in [0.4, 0.5) is 0 Å². The third kappa shape index (κ3) is 4.05. The van der Waals surface area contributed by atoms with Crippen LogP contribution in [0.1, 0.15) is 6.92 Å². The summed E-state index contributed by atoms with van der Waals surface area (Å²) in [5, 5.41) is 0. The molecule has 0 aliphatic heterocycles. The largest absolute Gasteiger partial charge is 0.253 e. The molecule has 1 nitrogen and oxygen atoms in total. The van der Waals surface area contributed by atoms with E-state index in [0.29, 0.717) is 0 Å². The molecule has 1 radical (unpaired) electrons. The molecule has 0 heterocycles. The van der Waals surface area contributed by atoms with Crippen molar-refractivity contribution in [3.8, 4) is 0 Å². The second-order valence-corrected chi connectivity index (χ2v) is 1.58. The van der Waals surface area contributed by atoms with Crippen LogP contribution in [0.3, 0.4) is 0 Å². The van der Waals surface area contributed by atoms with Crippen LogP contribution in [0.25, 0.3) is 0 Å². The van der Waals surface area contributed by atoms with E-state index < -0.39 is 0 Å². The molecule has 0 aliphatic rings. The van der Waals surface area contributed by atoms with E-state index in [4.69, 9.17) is 5.73 Å². The Bertz CT molecular complexity index is 42.2. The molecule has 29 valence electrons. The first kappa shape index (κ1) is 5.05. The van der Waals surface area contributed by atoms with E-state index in [1.807, 2.05) is 0 Å². The van der Waals surface area contributed by atoms with Gasteiger partial charge in [0.1, 0.15) is 0 Å². The molecule has 0 atom stereocenters. The van der Waals surface area contributed by atoms with E-state index in [1.165, 1.54) is 0 Å². The number of nitrogens with one attached hydrogen (secondary N) is 1. The lowest BCUT2D eigenvalue weighted by molar-refractivity contribution is 1.26. The van der Waals surface area contributed by atoms with Crippen molar-refractivity contribution in [3.63, 3.8) is 0 Å². The maximum Gasteiger partial charge on any atom is 0.0411 e. The number of thiocarbonyl (C=S) groups is 1. The molecule has 0 saturated carbocycles. The molecule has 0 aromatic carbocycles. The van der Waals surface area contributed by atoms with E-state index in [0.717, 1.165) is 4.86 Å². The van der Waals surface area contributed by atoms with Crippen LogP contribution in [-0.2, 0) is 0 Å². The summed E-state index contributed by atoms with van der Waals surface area (Å²) in [4.78, 5) is 0.755. The van der Waals surface area contributed by atoms with E-state index in [-0.39, 0.29) is 6.54 Å². The molecule has 0 unspecified atom stereocenters. The molecule has 1 N–H and O–H groups in total. The van der Waals surface area contributed by atoms with Gasteiger partial charge in [-0.05, 0) is 6.92 Å². The zero-order valence-electron chi connectivity index (χ0n) is 3.12. The highest BCUT2D eigenvalue weighted by atomic mass is 32.1. The first-order valence-corrected chi connectivity index (χ1v) is 1.82. The van der Waals surface area contributed by atoms with E-state index in [1.54, 1.807) is 6.92 Å². The van der Waals surface area contributed by atoms with Crippen LogP contribution < -0.4 is 5.73 Å². The Hall–Kier alpha value is 0.0500. The predicted molar refractivity (Wildman–Crippen MR) is 26.2 cm³/mol. The van der Waals surface area contributed by atoms with Gasteiger partial charge in [-0.25, -0.2) is 0 Å². The fourth-order valence-corrected chi connectivity index (χ4v) is 0. The van der Waals surface area contributed by atoms with Crippen molar-refractivity contribution in [2.45, 2.75) is 6.92 Å². The van der Waals surface area contributed by atoms with Gasteiger partial charge in [-0.15, -0.1) is 0 Å². The van der Waals surface area contributed by atoms with E-state index in [9.17, 15) is 0 Å². The Kier molecular flexibility index (Phi) is 2.32. The van der Waals surface area contributed by atoms with Crippen molar-refractivity contribution in [3.05, 3.63) is 0 Å². The van der Waals surface area contributed by atoms with Crippen molar-refractivity contribution >= 4 is 17.1 Å². The topological polar surface area (TPSA) is 23.8 Å². The Morgan fingerprint density at radius 3 is 2.20 bits per heavy atom. The van der Waals surface area contributed by atoms with Gasteiger partial charge in [-0.3, -0.25) is 5.73 Å². The maximum absolute atomic E-state index is 6.52. The monoisotopic (exact) mass is 88.0 g/mol. The van der Waals surface area contributed by atoms with Crippen LogP contribution in [0.5, 0.6) is 0 Å². The van der Waals surface area contributed by atoms with Crippen LogP contribution in [-0.4, -0.2) is 11.4 Å². The summed E-state index contributed by atoms with van der Waals surface area (Å²) in [6.45, 7) is 2.05. The quantitative estimate of drug-likeness (QED) is 0.432. The molecule has 0 aromatic heterocycles. The highest BCUT2D eigenvalue weighted by molar-refractivity contribution is 7.80. The molecule has 0 saturated heterocycles. The van der Waals surface area contributed by atoms with Crippen LogP contribution in [0, 0.1) is 0 Å². The number of hydrogen-bond acceptors (Lipinski definition) is 1. The molecular formula is C3H6NS. The van der Waals surface area contributed by atoms with Crippen molar-refractivity contribution in [2.75, 3.05) is 6.54 Å². The van der Waals surface area contributed by atoms with Crippen molar-refractivity contribution in [2.24, 2.45) is 0 Å². The van der Waals surface area contributed by atoms with Crippen LogP contribution >= 0.6 is 12.2 Å². The predicted octanol–water partition coefficient (Wildman–Crippen LogP) is 0.659. The third-order valence-electron chi connectivity index (χ3n) is 0.249. The minimum absolute atomic E-state index is 0.287. The van der Waals surface area contributed by atoms with E-state index >= 15 is 0 Å². The highest BCUT2D eigenvalue weighted by Gasteiger charge is 1.72. The van der Waals surface area contributed by atoms with Gasteiger partial charge in [-0.2, -0.15) is 0 Å². The fraction of sp³-hybridized carbons (Fsp3) is 0.667. The summed E-state index contributed by atoms with van der Waals surface area (Å²) >= 11 is 4.51. The molecule has 0 spiro atoms. The molecule has 0 aromatic rings. The summed E-state index contributed by atoms with van der Waals surface area (Å²) in [5.41, 5.74) is 6.52. The van der Waals surface area contributed by atoms with Gasteiger partial charge in [0.05, 0.1) is 0 Å². The van der Waals surface area contributed by atoms with Crippen molar-refractivity contribution in [1.82, 2.24) is 5.73 Å². The minimum atomic E-state index is 0.287. The zero-order valence-corrected chi connectivity index (χ0v) is 3.93. The Morgan fingerprint density at radius 2 is 2.20 bits per heavy atom. The molecular weight excluding hydrogens is 82.1 g/mol. The average molecular weight is 88.2 g/mol. The Morgan fingerprint density at radius 1 is 2.00 bits per heavy atom. The van der Waals surface area contributed by atoms with Gasteiger partial charge < -0.3 is 0 Å². The minimum Gasteiger partial charge on any atom is -0.253 e. The molecule has 0 amide bonds. The molecule has 0 fully saturated rings. The van der Waals surface area contributed by atoms with Gasteiger partial charge in [0, 0.05) is 11.4 Å². The molecule has 2 heteroatoms. The molecule has 0 aliphatic carbocycles. The van der Waals surface area contributed by atoms with Crippen molar-refractivity contribution < 1.29 is 0 Å². The standard InChI is InChI=1S/C3H6NS/c1-3(5)2-4/h4H,2H2,1H3. The first-order chi connectivity index (χ1) is 2.27. The van der Waals surface area contributed by atoms with E-state index in [2.05, 4.69) is 12.2 Å². The normalized spacial score (nSPS) is 7.60. The Labute approximate surface area is 37.2 Å². The zero-order chi connectivity index (χ0) is 4.28. The molecule has 5 heavy (non-hydrogen) atoms. The van der Waals surface area contributed by atoms with Gasteiger partial charge in [-0.1, -0.05) is 12.2 Å². The Balaban J connectivity index is 2.85.